The summed E-state index contributed by atoms with van der Waals surface area (Å²) in [4.78, 5) is 4.41. The van der Waals surface area contributed by atoms with Gasteiger partial charge >= 0.3 is 0 Å². The average molecular weight is 336 g/mol. The Morgan fingerprint density at radius 3 is 2.54 bits per heavy atom. The second kappa shape index (κ2) is 5.77. The maximum Gasteiger partial charge on any atom is 0.168 e. The van der Waals surface area contributed by atoms with E-state index < -0.39 is 0 Å². The van der Waals surface area contributed by atoms with Gasteiger partial charge in [-0.3, -0.25) is 9.38 Å². The quantitative estimate of drug-likeness (QED) is 0.459. The molecular formula is C22H16N4. The molecule has 26 heavy (non-hydrogen) atoms. The van der Waals surface area contributed by atoms with Crippen molar-refractivity contribution < 1.29 is 0 Å². The summed E-state index contributed by atoms with van der Waals surface area (Å²) in [6.07, 6.45) is 5.91. The minimum atomic E-state index is 0.834. The van der Waals surface area contributed by atoms with Crippen LogP contribution in [0.15, 0.2) is 79.3 Å². The predicted molar refractivity (Wildman–Crippen MR) is 104 cm³/mol. The third kappa shape index (κ3) is 2.27. The topological polar surface area (TPSA) is 43.1 Å². The SMILES string of the molecule is Cc1ccccc1-c1nnc2ccc(-c3cncc4ccccc34)cn12. The second-order valence-electron chi connectivity index (χ2n) is 6.39. The van der Waals surface area contributed by atoms with Crippen molar-refractivity contribution in [3.8, 4) is 22.5 Å². The van der Waals surface area contributed by atoms with Crippen LogP contribution < -0.4 is 0 Å². The summed E-state index contributed by atoms with van der Waals surface area (Å²) in [5.74, 6) is 0.855. The van der Waals surface area contributed by atoms with E-state index in [1.807, 2.05) is 36.7 Å². The molecule has 0 amide bonds. The zero-order valence-corrected chi connectivity index (χ0v) is 14.3. The first-order chi connectivity index (χ1) is 12.8. The number of hydrogen-bond acceptors (Lipinski definition) is 3. The minimum Gasteiger partial charge on any atom is -0.282 e. The van der Waals surface area contributed by atoms with Crippen molar-refractivity contribution in [1.82, 2.24) is 19.6 Å². The van der Waals surface area contributed by atoms with Crippen molar-refractivity contribution in [1.29, 1.82) is 0 Å². The van der Waals surface area contributed by atoms with E-state index >= 15 is 0 Å². The molecule has 0 aliphatic heterocycles. The molecular weight excluding hydrogens is 320 g/mol. The Labute approximate surface area is 150 Å². The lowest BCUT2D eigenvalue weighted by Crippen LogP contribution is -1.93. The molecule has 0 radical (unpaired) electrons. The monoisotopic (exact) mass is 336 g/mol. The molecule has 0 N–H and O–H groups in total. The number of benzene rings is 2. The Morgan fingerprint density at radius 2 is 1.62 bits per heavy atom. The molecule has 3 aromatic heterocycles. The fourth-order valence-corrected chi connectivity index (χ4v) is 3.40. The van der Waals surface area contributed by atoms with Gasteiger partial charge in [0.2, 0.25) is 0 Å². The third-order valence-corrected chi connectivity index (χ3v) is 4.77. The molecule has 2 aromatic carbocycles. The molecule has 0 aliphatic rings. The lowest BCUT2D eigenvalue weighted by molar-refractivity contribution is 1.11. The normalized spacial score (nSPS) is 11.3. The van der Waals surface area contributed by atoms with E-state index in [0.717, 1.165) is 33.5 Å². The fraction of sp³-hybridized carbons (Fsp3) is 0.0455. The summed E-state index contributed by atoms with van der Waals surface area (Å²) >= 11 is 0. The van der Waals surface area contributed by atoms with Crippen LogP contribution in [0, 0.1) is 6.92 Å². The van der Waals surface area contributed by atoms with E-state index in [4.69, 9.17) is 0 Å². The molecule has 0 saturated heterocycles. The van der Waals surface area contributed by atoms with Gasteiger partial charge in [0.15, 0.2) is 11.5 Å². The predicted octanol–water partition coefficient (Wildman–Crippen LogP) is 4.92. The molecule has 0 saturated carbocycles. The number of hydrogen-bond donors (Lipinski definition) is 0. The zero-order chi connectivity index (χ0) is 17.5. The standard InChI is InChI=1S/C22H16N4/c1-15-6-2-4-8-18(15)22-25-24-21-11-10-17(14-26(21)22)20-13-23-12-16-7-3-5-9-19(16)20/h2-14H,1H3. The van der Waals surface area contributed by atoms with Crippen molar-refractivity contribution in [2.75, 3.05) is 0 Å². The first kappa shape index (κ1) is 14.8. The van der Waals surface area contributed by atoms with Gasteiger partial charge in [0.1, 0.15) is 0 Å². The fourth-order valence-electron chi connectivity index (χ4n) is 3.40. The van der Waals surface area contributed by atoms with Gasteiger partial charge in [-0.2, -0.15) is 0 Å². The van der Waals surface area contributed by atoms with Crippen molar-refractivity contribution in [3.05, 3.63) is 84.8 Å². The summed E-state index contributed by atoms with van der Waals surface area (Å²) in [5, 5.41) is 11.1. The van der Waals surface area contributed by atoms with Crippen molar-refractivity contribution >= 4 is 16.4 Å². The van der Waals surface area contributed by atoms with Crippen LogP contribution in [-0.4, -0.2) is 19.6 Å². The van der Waals surface area contributed by atoms with Crippen LogP contribution in [0.5, 0.6) is 0 Å². The van der Waals surface area contributed by atoms with Crippen LogP contribution in [0.3, 0.4) is 0 Å². The maximum atomic E-state index is 4.42. The molecule has 5 rings (SSSR count). The maximum absolute atomic E-state index is 4.42. The van der Waals surface area contributed by atoms with E-state index in [2.05, 4.69) is 69.1 Å². The van der Waals surface area contributed by atoms with Crippen LogP contribution in [0.25, 0.3) is 38.9 Å². The number of nitrogens with zero attached hydrogens (tertiary/aromatic N) is 4. The van der Waals surface area contributed by atoms with Gasteiger partial charge in [-0.05, 0) is 30.0 Å². The lowest BCUT2D eigenvalue weighted by Gasteiger charge is -2.08. The van der Waals surface area contributed by atoms with E-state index in [-0.39, 0.29) is 0 Å². The smallest absolute Gasteiger partial charge is 0.168 e. The molecule has 0 bridgehead atoms. The molecule has 5 aromatic rings. The highest BCUT2D eigenvalue weighted by Crippen LogP contribution is 2.29. The van der Waals surface area contributed by atoms with E-state index in [1.165, 1.54) is 10.9 Å². The molecule has 0 unspecified atom stereocenters. The van der Waals surface area contributed by atoms with Gasteiger partial charge in [0.25, 0.3) is 0 Å². The number of fused-ring (bicyclic) bond motifs is 2. The molecule has 124 valence electrons. The van der Waals surface area contributed by atoms with Gasteiger partial charge in [-0.15, -0.1) is 10.2 Å². The summed E-state index contributed by atoms with van der Waals surface area (Å²) in [6.45, 7) is 2.09. The molecule has 3 heterocycles. The summed E-state index contributed by atoms with van der Waals surface area (Å²) in [5.41, 5.74) is 5.30. The van der Waals surface area contributed by atoms with Crippen LogP contribution in [-0.2, 0) is 0 Å². The Hall–Kier alpha value is -3.53. The summed E-state index contributed by atoms with van der Waals surface area (Å²) in [6, 6.07) is 20.6. The van der Waals surface area contributed by atoms with Gasteiger partial charge in [0.05, 0.1) is 0 Å². The lowest BCUT2D eigenvalue weighted by atomic mass is 10.0. The van der Waals surface area contributed by atoms with Crippen LogP contribution in [0.1, 0.15) is 5.56 Å². The van der Waals surface area contributed by atoms with Crippen molar-refractivity contribution in [3.63, 3.8) is 0 Å². The largest absolute Gasteiger partial charge is 0.282 e. The van der Waals surface area contributed by atoms with Gasteiger partial charge in [0, 0.05) is 40.7 Å². The average Bonchev–Trinajstić information content (AvgIpc) is 3.11. The Bertz CT molecular complexity index is 1250. The molecule has 4 heteroatoms. The zero-order valence-electron chi connectivity index (χ0n) is 14.3. The van der Waals surface area contributed by atoms with Crippen molar-refractivity contribution in [2.24, 2.45) is 0 Å². The number of pyridine rings is 2. The Kier molecular flexibility index (Phi) is 3.28. The minimum absolute atomic E-state index is 0.834. The highest BCUT2D eigenvalue weighted by Gasteiger charge is 2.12. The Balaban J connectivity index is 1.76. The number of aryl methyl sites for hydroxylation is 1. The summed E-state index contributed by atoms with van der Waals surface area (Å²) in [7, 11) is 0. The molecule has 0 fully saturated rings. The molecule has 0 spiro atoms. The van der Waals surface area contributed by atoms with Crippen molar-refractivity contribution in [2.45, 2.75) is 6.92 Å². The summed E-state index contributed by atoms with van der Waals surface area (Å²) < 4.78 is 2.05. The van der Waals surface area contributed by atoms with Gasteiger partial charge in [-0.1, -0.05) is 48.5 Å². The van der Waals surface area contributed by atoms with Gasteiger partial charge in [-0.25, -0.2) is 0 Å². The van der Waals surface area contributed by atoms with Crippen LogP contribution in [0.4, 0.5) is 0 Å². The highest BCUT2D eigenvalue weighted by atomic mass is 15.2. The molecule has 0 aliphatic carbocycles. The second-order valence-corrected chi connectivity index (χ2v) is 6.39. The molecule has 4 nitrogen and oxygen atoms in total. The van der Waals surface area contributed by atoms with Gasteiger partial charge < -0.3 is 0 Å². The number of aromatic nitrogens is 4. The van der Waals surface area contributed by atoms with Crippen LogP contribution in [0.2, 0.25) is 0 Å². The highest BCUT2D eigenvalue weighted by molar-refractivity contribution is 5.95. The first-order valence-corrected chi connectivity index (χ1v) is 8.55. The van der Waals surface area contributed by atoms with E-state index in [9.17, 15) is 0 Å². The first-order valence-electron chi connectivity index (χ1n) is 8.55. The van der Waals surface area contributed by atoms with E-state index in [1.54, 1.807) is 0 Å². The third-order valence-electron chi connectivity index (χ3n) is 4.77. The Morgan fingerprint density at radius 1 is 0.769 bits per heavy atom. The number of rotatable bonds is 2. The van der Waals surface area contributed by atoms with E-state index in [0.29, 0.717) is 0 Å². The molecule has 0 atom stereocenters. The van der Waals surface area contributed by atoms with Crippen LogP contribution >= 0.6 is 0 Å².